The van der Waals surface area contributed by atoms with Gasteiger partial charge in [-0.25, -0.2) is 8.78 Å². The van der Waals surface area contributed by atoms with E-state index >= 15 is 0 Å². The zero-order valence-electron chi connectivity index (χ0n) is 21.4. The van der Waals surface area contributed by atoms with Crippen LogP contribution in [0, 0.1) is 11.6 Å². The fourth-order valence-electron chi connectivity index (χ4n) is 4.56. The highest BCUT2D eigenvalue weighted by atomic mass is 19.2. The summed E-state index contributed by atoms with van der Waals surface area (Å²) < 4.78 is 27.9. The van der Waals surface area contributed by atoms with E-state index in [0.29, 0.717) is 37.4 Å². The number of amides is 1. The molecule has 1 atom stereocenters. The van der Waals surface area contributed by atoms with Gasteiger partial charge in [0.1, 0.15) is 12.4 Å². The van der Waals surface area contributed by atoms with Crippen molar-refractivity contribution >= 4 is 11.6 Å². The Morgan fingerprint density at radius 3 is 2.78 bits per heavy atom. The number of likely N-dealkylation sites (N-methyl/N-ethyl adjacent to an activating group) is 1. The number of hydrogen-bond donors (Lipinski definition) is 3. The van der Waals surface area contributed by atoms with Crippen LogP contribution in [0.3, 0.4) is 0 Å². The predicted molar refractivity (Wildman–Crippen MR) is 138 cm³/mol. The van der Waals surface area contributed by atoms with Gasteiger partial charge in [-0.15, -0.1) is 5.48 Å². The smallest absolute Gasteiger partial charge is 0.227 e. The van der Waals surface area contributed by atoms with Gasteiger partial charge in [-0.05, 0) is 56.9 Å². The maximum Gasteiger partial charge on any atom is 0.227 e. The molecule has 0 radical (unpaired) electrons. The fraction of sp³-hybridized carbons (Fsp3) is 0.444. The first kappa shape index (κ1) is 27.4. The standard InChI is InChI=1S/C27H37F2N5O2/c1-5-6-16-33(18-32-36-19(2)3)27(20-12-14-31-15-13-20)26(30-4)24-8-7-9-25(35)34(24)21-10-11-22(28)23(29)17-21/h6,10-12,16-17,24,30-32H,2,5,7-9,13-15,18H2,1,3-4H3/b16-6-,27-26-/t24-/m0/s1. The molecule has 2 aliphatic heterocycles. The summed E-state index contributed by atoms with van der Waals surface area (Å²) in [7, 11) is 1.83. The highest BCUT2D eigenvalue weighted by molar-refractivity contribution is 5.95. The topological polar surface area (TPSA) is 68.9 Å². The maximum absolute atomic E-state index is 14.2. The Labute approximate surface area is 212 Å². The molecule has 36 heavy (non-hydrogen) atoms. The van der Waals surface area contributed by atoms with Gasteiger partial charge < -0.3 is 25.3 Å². The average molecular weight is 502 g/mol. The van der Waals surface area contributed by atoms with Crippen LogP contribution in [0.4, 0.5) is 14.5 Å². The predicted octanol–water partition coefficient (Wildman–Crippen LogP) is 4.44. The molecule has 2 aliphatic rings. The highest BCUT2D eigenvalue weighted by Gasteiger charge is 2.35. The molecule has 0 unspecified atom stereocenters. The van der Waals surface area contributed by atoms with E-state index in [9.17, 15) is 13.6 Å². The third-order valence-corrected chi connectivity index (χ3v) is 6.15. The normalized spacial score (nSPS) is 19.1. The molecule has 0 aromatic heterocycles. The molecule has 0 aliphatic carbocycles. The fourth-order valence-corrected chi connectivity index (χ4v) is 4.56. The van der Waals surface area contributed by atoms with Gasteiger partial charge in [-0.2, -0.15) is 0 Å². The summed E-state index contributed by atoms with van der Waals surface area (Å²) in [5.41, 5.74) is 6.18. The second kappa shape index (κ2) is 13.2. The minimum atomic E-state index is -0.977. The lowest BCUT2D eigenvalue weighted by atomic mass is 9.93. The number of halogens is 2. The number of nitrogens with zero attached hydrogens (tertiary/aromatic N) is 2. The molecular weight excluding hydrogens is 464 g/mol. The van der Waals surface area contributed by atoms with E-state index in [1.54, 1.807) is 11.8 Å². The van der Waals surface area contributed by atoms with Crippen LogP contribution in [0.5, 0.6) is 0 Å². The van der Waals surface area contributed by atoms with Crippen LogP contribution in [-0.4, -0.2) is 43.7 Å². The van der Waals surface area contributed by atoms with Crippen LogP contribution >= 0.6 is 0 Å². The minimum Gasteiger partial charge on any atom is -0.412 e. The molecule has 2 heterocycles. The van der Waals surface area contributed by atoms with Crippen LogP contribution in [0.25, 0.3) is 0 Å². The third-order valence-electron chi connectivity index (χ3n) is 6.15. The number of allylic oxidation sites excluding steroid dienone is 3. The highest BCUT2D eigenvalue weighted by Crippen LogP contribution is 2.34. The summed E-state index contributed by atoms with van der Waals surface area (Å²) in [6, 6.07) is 3.24. The maximum atomic E-state index is 14.2. The largest absolute Gasteiger partial charge is 0.412 e. The van der Waals surface area contributed by atoms with Crippen molar-refractivity contribution in [3.8, 4) is 0 Å². The quantitative estimate of drug-likeness (QED) is 0.237. The van der Waals surface area contributed by atoms with Gasteiger partial charge in [0.05, 0.1) is 17.4 Å². The molecule has 0 saturated carbocycles. The van der Waals surface area contributed by atoms with Crippen LogP contribution in [-0.2, 0) is 9.63 Å². The third kappa shape index (κ3) is 6.73. The molecular formula is C27H37F2N5O2. The molecule has 1 aromatic carbocycles. The molecule has 0 bridgehead atoms. The molecule has 3 rings (SSSR count). The van der Waals surface area contributed by atoms with Crippen molar-refractivity contribution in [2.45, 2.75) is 52.0 Å². The molecule has 0 spiro atoms. The van der Waals surface area contributed by atoms with Crippen LogP contribution < -0.4 is 21.0 Å². The summed E-state index contributed by atoms with van der Waals surface area (Å²) >= 11 is 0. The average Bonchev–Trinajstić information content (AvgIpc) is 2.87. The van der Waals surface area contributed by atoms with E-state index in [4.69, 9.17) is 4.84 Å². The number of carbonyl (C=O) groups excluding carboxylic acids is 1. The lowest BCUT2D eigenvalue weighted by molar-refractivity contribution is -0.120. The van der Waals surface area contributed by atoms with Crippen molar-refractivity contribution < 1.29 is 18.4 Å². The second-order valence-electron chi connectivity index (χ2n) is 8.84. The first-order chi connectivity index (χ1) is 17.4. The number of anilines is 1. The van der Waals surface area contributed by atoms with Gasteiger partial charge in [-0.1, -0.05) is 25.7 Å². The van der Waals surface area contributed by atoms with Crippen LogP contribution in [0.15, 0.2) is 65.9 Å². The summed E-state index contributed by atoms with van der Waals surface area (Å²) in [6.45, 7) is 9.48. The van der Waals surface area contributed by atoms with Gasteiger partial charge in [0.15, 0.2) is 11.6 Å². The number of hydrogen-bond acceptors (Lipinski definition) is 6. The Morgan fingerprint density at radius 2 is 2.14 bits per heavy atom. The zero-order chi connectivity index (χ0) is 26.1. The lowest BCUT2D eigenvalue weighted by Crippen LogP contribution is -2.49. The Hall–Kier alpha value is -3.17. The van der Waals surface area contributed by atoms with Gasteiger partial charge in [-0.3, -0.25) is 4.79 Å². The summed E-state index contributed by atoms with van der Waals surface area (Å²) in [4.78, 5) is 22.3. The summed E-state index contributed by atoms with van der Waals surface area (Å²) in [5.74, 6) is -1.50. The van der Waals surface area contributed by atoms with Crippen LogP contribution in [0.2, 0.25) is 0 Å². The molecule has 1 fully saturated rings. The van der Waals surface area contributed by atoms with Crippen molar-refractivity contribution in [3.05, 3.63) is 77.5 Å². The van der Waals surface area contributed by atoms with Gasteiger partial charge in [0, 0.05) is 38.0 Å². The molecule has 3 N–H and O–H groups in total. The van der Waals surface area contributed by atoms with Gasteiger partial charge in [0.2, 0.25) is 5.91 Å². The Balaban J connectivity index is 2.15. The molecule has 1 saturated heterocycles. The lowest BCUT2D eigenvalue weighted by Gasteiger charge is -2.40. The number of piperidine rings is 1. The molecule has 1 aromatic rings. The molecule has 9 heteroatoms. The molecule has 7 nitrogen and oxygen atoms in total. The van der Waals surface area contributed by atoms with E-state index in [-0.39, 0.29) is 11.9 Å². The van der Waals surface area contributed by atoms with Crippen molar-refractivity contribution in [3.63, 3.8) is 0 Å². The first-order valence-electron chi connectivity index (χ1n) is 12.4. The Morgan fingerprint density at radius 1 is 1.33 bits per heavy atom. The Bertz CT molecular complexity index is 1040. The van der Waals surface area contributed by atoms with Gasteiger partial charge >= 0.3 is 0 Å². The van der Waals surface area contributed by atoms with E-state index in [1.165, 1.54) is 6.07 Å². The SMILES string of the molecule is C=C(C)ONCN(/C=C\CC)/C(C1=CCNCC1)=C(\NC)[C@@H]1CCCC(=O)N1c1ccc(F)c(F)c1. The monoisotopic (exact) mass is 501 g/mol. The number of nitrogens with one attached hydrogen (secondary N) is 3. The van der Waals surface area contributed by atoms with E-state index in [2.05, 4.69) is 46.7 Å². The van der Waals surface area contributed by atoms with Gasteiger partial charge in [0.25, 0.3) is 0 Å². The van der Waals surface area contributed by atoms with E-state index in [1.807, 2.05) is 13.2 Å². The van der Waals surface area contributed by atoms with E-state index in [0.717, 1.165) is 55.0 Å². The zero-order valence-corrected chi connectivity index (χ0v) is 21.4. The number of hydroxylamine groups is 1. The number of rotatable bonds is 11. The first-order valence-corrected chi connectivity index (χ1v) is 12.4. The van der Waals surface area contributed by atoms with Crippen molar-refractivity contribution in [1.29, 1.82) is 0 Å². The van der Waals surface area contributed by atoms with Crippen molar-refractivity contribution in [1.82, 2.24) is 21.0 Å². The molecule has 196 valence electrons. The Kier molecular flexibility index (Phi) is 10.1. The summed E-state index contributed by atoms with van der Waals surface area (Å²) in [5, 5.41) is 6.72. The molecule has 1 amide bonds. The summed E-state index contributed by atoms with van der Waals surface area (Å²) in [6.07, 6.45) is 9.56. The van der Waals surface area contributed by atoms with E-state index < -0.39 is 11.6 Å². The van der Waals surface area contributed by atoms with Crippen molar-refractivity contribution in [2.24, 2.45) is 0 Å². The van der Waals surface area contributed by atoms with Crippen molar-refractivity contribution in [2.75, 3.05) is 31.7 Å². The number of benzene rings is 1. The number of carbonyl (C=O) groups is 1. The van der Waals surface area contributed by atoms with Crippen LogP contribution in [0.1, 0.15) is 46.0 Å². The minimum absolute atomic E-state index is 0.122. The second-order valence-corrected chi connectivity index (χ2v) is 8.84.